The van der Waals surface area contributed by atoms with Crippen molar-refractivity contribution in [2.24, 2.45) is 5.73 Å². The summed E-state index contributed by atoms with van der Waals surface area (Å²) < 4.78 is 0.825. The molecule has 14 heavy (non-hydrogen) atoms. The summed E-state index contributed by atoms with van der Waals surface area (Å²) in [6, 6.07) is 5.56. The number of hydrogen-bond donors (Lipinski definition) is 2. The van der Waals surface area contributed by atoms with Gasteiger partial charge in [-0.05, 0) is 47.0 Å². The van der Waals surface area contributed by atoms with Gasteiger partial charge in [0.1, 0.15) is 0 Å². The Morgan fingerprint density at radius 1 is 1.57 bits per heavy atom. The zero-order chi connectivity index (χ0) is 10.8. The van der Waals surface area contributed by atoms with Crippen LogP contribution in [0.15, 0.2) is 22.7 Å². The van der Waals surface area contributed by atoms with Gasteiger partial charge in [-0.3, -0.25) is 0 Å². The first-order chi connectivity index (χ1) is 6.47. The Bertz CT molecular complexity index is 328. The smallest absolute Gasteiger partial charge is 0.0548 e. The summed E-state index contributed by atoms with van der Waals surface area (Å²) in [4.78, 5) is 0. The van der Waals surface area contributed by atoms with E-state index in [1.54, 1.807) is 6.07 Å². The standard InChI is InChI=1S/C10H13BrClNO/c1-10(13,4-5-14)7-2-3-9(12)8(11)6-7/h2-3,6,14H,4-5,13H2,1H3/t10-/m1/s1. The zero-order valence-corrected chi connectivity index (χ0v) is 10.3. The summed E-state index contributed by atoms with van der Waals surface area (Å²) in [7, 11) is 0. The van der Waals surface area contributed by atoms with Gasteiger partial charge in [-0.25, -0.2) is 0 Å². The van der Waals surface area contributed by atoms with Crippen molar-refractivity contribution >= 4 is 27.5 Å². The van der Waals surface area contributed by atoms with Crippen molar-refractivity contribution in [2.45, 2.75) is 18.9 Å². The molecular formula is C10H13BrClNO. The number of rotatable bonds is 3. The highest BCUT2D eigenvalue weighted by Gasteiger charge is 2.20. The lowest BCUT2D eigenvalue weighted by Gasteiger charge is -2.24. The molecule has 0 spiro atoms. The van der Waals surface area contributed by atoms with Crippen molar-refractivity contribution in [1.29, 1.82) is 0 Å². The Labute approximate surface area is 97.2 Å². The molecular weight excluding hydrogens is 265 g/mol. The van der Waals surface area contributed by atoms with Crippen molar-refractivity contribution in [2.75, 3.05) is 6.61 Å². The molecule has 78 valence electrons. The monoisotopic (exact) mass is 277 g/mol. The molecule has 0 aliphatic heterocycles. The van der Waals surface area contributed by atoms with Crippen LogP contribution in [0.3, 0.4) is 0 Å². The Morgan fingerprint density at radius 2 is 2.21 bits per heavy atom. The maximum atomic E-state index is 8.87. The van der Waals surface area contributed by atoms with E-state index >= 15 is 0 Å². The molecule has 0 aliphatic rings. The predicted octanol–water partition coefficient (Wildman–Crippen LogP) is 2.66. The van der Waals surface area contributed by atoms with E-state index in [1.807, 2.05) is 19.1 Å². The number of benzene rings is 1. The summed E-state index contributed by atoms with van der Waals surface area (Å²) in [5, 5.41) is 9.53. The molecule has 0 unspecified atom stereocenters. The van der Waals surface area contributed by atoms with Gasteiger partial charge in [-0.15, -0.1) is 0 Å². The van der Waals surface area contributed by atoms with Gasteiger partial charge in [-0.1, -0.05) is 17.7 Å². The van der Waals surface area contributed by atoms with Crippen molar-refractivity contribution in [1.82, 2.24) is 0 Å². The van der Waals surface area contributed by atoms with Crippen molar-refractivity contribution < 1.29 is 5.11 Å². The molecule has 0 saturated heterocycles. The average Bonchev–Trinajstić information content (AvgIpc) is 2.09. The van der Waals surface area contributed by atoms with E-state index in [0.29, 0.717) is 11.4 Å². The summed E-state index contributed by atoms with van der Waals surface area (Å²) >= 11 is 9.21. The van der Waals surface area contributed by atoms with Gasteiger partial charge < -0.3 is 10.8 Å². The van der Waals surface area contributed by atoms with E-state index < -0.39 is 5.54 Å². The maximum absolute atomic E-state index is 8.87. The molecule has 0 bridgehead atoms. The first-order valence-electron chi connectivity index (χ1n) is 4.32. The highest BCUT2D eigenvalue weighted by atomic mass is 79.9. The molecule has 0 aliphatic carbocycles. The Balaban J connectivity index is 3.01. The summed E-state index contributed by atoms with van der Waals surface area (Å²) in [5.41, 5.74) is 6.49. The van der Waals surface area contributed by atoms with Crippen LogP contribution >= 0.6 is 27.5 Å². The lowest BCUT2D eigenvalue weighted by molar-refractivity contribution is 0.247. The minimum atomic E-state index is -0.512. The van der Waals surface area contributed by atoms with Crippen LogP contribution in [0.25, 0.3) is 0 Å². The molecule has 0 heterocycles. The minimum Gasteiger partial charge on any atom is -0.396 e. The first kappa shape index (κ1) is 12.0. The highest BCUT2D eigenvalue weighted by Crippen LogP contribution is 2.29. The van der Waals surface area contributed by atoms with E-state index in [4.69, 9.17) is 22.4 Å². The third kappa shape index (κ3) is 2.70. The molecule has 0 fully saturated rings. The van der Waals surface area contributed by atoms with E-state index in [1.165, 1.54) is 0 Å². The number of aliphatic hydroxyl groups excluding tert-OH is 1. The molecule has 0 amide bonds. The van der Waals surface area contributed by atoms with Crippen LogP contribution in [0.4, 0.5) is 0 Å². The van der Waals surface area contributed by atoms with Crippen LogP contribution in [0.2, 0.25) is 5.02 Å². The van der Waals surface area contributed by atoms with E-state index in [9.17, 15) is 0 Å². The fourth-order valence-electron chi connectivity index (χ4n) is 1.23. The van der Waals surface area contributed by atoms with Gasteiger partial charge in [0, 0.05) is 16.6 Å². The van der Waals surface area contributed by atoms with Gasteiger partial charge >= 0.3 is 0 Å². The lowest BCUT2D eigenvalue weighted by atomic mass is 9.90. The lowest BCUT2D eigenvalue weighted by Crippen LogP contribution is -2.33. The van der Waals surface area contributed by atoms with Gasteiger partial charge in [0.2, 0.25) is 0 Å². The Hall–Kier alpha value is -0.0900. The van der Waals surface area contributed by atoms with Gasteiger partial charge in [0.15, 0.2) is 0 Å². The molecule has 4 heteroatoms. The fraction of sp³-hybridized carbons (Fsp3) is 0.400. The number of hydrogen-bond acceptors (Lipinski definition) is 2. The van der Waals surface area contributed by atoms with Crippen LogP contribution in [-0.2, 0) is 5.54 Å². The van der Waals surface area contributed by atoms with Crippen molar-refractivity contribution in [3.63, 3.8) is 0 Å². The van der Waals surface area contributed by atoms with E-state index in [0.717, 1.165) is 10.0 Å². The van der Waals surface area contributed by atoms with Gasteiger partial charge in [0.05, 0.1) is 5.02 Å². The number of aliphatic hydroxyl groups is 1. The van der Waals surface area contributed by atoms with Gasteiger partial charge in [0.25, 0.3) is 0 Å². The van der Waals surface area contributed by atoms with Crippen molar-refractivity contribution in [3.05, 3.63) is 33.3 Å². The molecule has 2 nitrogen and oxygen atoms in total. The highest BCUT2D eigenvalue weighted by molar-refractivity contribution is 9.10. The van der Waals surface area contributed by atoms with Crippen LogP contribution < -0.4 is 5.73 Å². The molecule has 0 aromatic heterocycles. The topological polar surface area (TPSA) is 46.2 Å². The minimum absolute atomic E-state index is 0.0766. The second-order valence-electron chi connectivity index (χ2n) is 3.52. The molecule has 1 atom stereocenters. The summed E-state index contributed by atoms with van der Waals surface area (Å²) in [5.74, 6) is 0. The van der Waals surface area contributed by atoms with Crippen LogP contribution in [0.5, 0.6) is 0 Å². The van der Waals surface area contributed by atoms with Crippen LogP contribution in [0.1, 0.15) is 18.9 Å². The first-order valence-corrected chi connectivity index (χ1v) is 5.50. The average molecular weight is 279 g/mol. The third-order valence-electron chi connectivity index (χ3n) is 2.21. The second kappa shape index (κ2) is 4.62. The third-order valence-corrected chi connectivity index (χ3v) is 3.42. The Morgan fingerprint density at radius 3 is 2.71 bits per heavy atom. The molecule has 1 aromatic carbocycles. The van der Waals surface area contributed by atoms with Crippen LogP contribution in [-0.4, -0.2) is 11.7 Å². The molecule has 1 aromatic rings. The zero-order valence-electron chi connectivity index (χ0n) is 7.93. The Kier molecular flexibility index (Phi) is 3.95. The second-order valence-corrected chi connectivity index (χ2v) is 4.78. The maximum Gasteiger partial charge on any atom is 0.0548 e. The largest absolute Gasteiger partial charge is 0.396 e. The summed E-state index contributed by atoms with van der Waals surface area (Å²) in [6.45, 7) is 1.96. The fourth-order valence-corrected chi connectivity index (χ4v) is 1.72. The summed E-state index contributed by atoms with van der Waals surface area (Å²) in [6.07, 6.45) is 0.529. The van der Waals surface area contributed by atoms with Crippen LogP contribution in [0, 0.1) is 0 Å². The molecule has 0 saturated carbocycles. The predicted molar refractivity (Wildman–Crippen MR) is 62.4 cm³/mol. The number of nitrogens with two attached hydrogens (primary N) is 1. The van der Waals surface area contributed by atoms with E-state index in [2.05, 4.69) is 15.9 Å². The molecule has 3 N–H and O–H groups in total. The van der Waals surface area contributed by atoms with Crippen molar-refractivity contribution in [3.8, 4) is 0 Å². The molecule has 1 rings (SSSR count). The molecule has 0 radical (unpaired) electrons. The number of halogens is 2. The van der Waals surface area contributed by atoms with E-state index in [-0.39, 0.29) is 6.61 Å². The SMILES string of the molecule is C[C@@](N)(CCO)c1ccc(Cl)c(Br)c1. The quantitative estimate of drug-likeness (QED) is 0.893. The normalized spacial score (nSPS) is 15.2. The van der Waals surface area contributed by atoms with Gasteiger partial charge in [-0.2, -0.15) is 0 Å².